The molecule has 0 aliphatic carbocycles. The van der Waals surface area contributed by atoms with Crippen molar-refractivity contribution in [2.45, 2.75) is 12.5 Å². The van der Waals surface area contributed by atoms with E-state index >= 15 is 0 Å². The molecule has 4 heterocycles. The molecule has 1 fully saturated rings. The lowest BCUT2D eigenvalue weighted by Crippen LogP contribution is -2.23. The zero-order chi connectivity index (χ0) is 17.9. The minimum atomic E-state index is -0.772. The molecule has 0 spiro atoms. The third kappa shape index (κ3) is 3.34. The van der Waals surface area contributed by atoms with E-state index in [4.69, 9.17) is 4.42 Å². The molecule has 3 aromatic rings. The van der Waals surface area contributed by atoms with Gasteiger partial charge < -0.3 is 9.52 Å². The molecule has 7 heteroatoms. The monoisotopic (exact) mass is 350 g/mol. The van der Waals surface area contributed by atoms with Crippen LogP contribution >= 0.6 is 0 Å². The van der Waals surface area contributed by atoms with E-state index in [0.717, 1.165) is 11.1 Å². The van der Waals surface area contributed by atoms with Crippen molar-refractivity contribution in [3.05, 3.63) is 66.4 Å². The molecule has 0 radical (unpaired) electrons. The first-order chi connectivity index (χ1) is 12.7. The molecule has 0 amide bonds. The van der Waals surface area contributed by atoms with Gasteiger partial charge in [-0.3, -0.25) is 14.7 Å². The van der Waals surface area contributed by atoms with Gasteiger partial charge in [0.25, 0.3) is 0 Å². The summed E-state index contributed by atoms with van der Waals surface area (Å²) in [5, 5.41) is 9.59. The Hall–Kier alpha value is -3.06. The van der Waals surface area contributed by atoms with Gasteiger partial charge >= 0.3 is 5.97 Å². The Morgan fingerprint density at radius 3 is 2.69 bits per heavy atom. The Kier molecular flexibility index (Phi) is 4.45. The average molecular weight is 350 g/mol. The number of hydrogen-bond donors (Lipinski definition) is 1. The van der Waals surface area contributed by atoms with Gasteiger partial charge in [-0.25, -0.2) is 9.97 Å². The maximum absolute atomic E-state index is 11.7. The quantitative estimate of drug-likeness (QED) is 0.755. The van der Waals surface area contributed by atoms with Gasteiger partial charge in [-0.15, -0.1) is 0 Å². The molecule has 3 aromatic heterocycles. The van der Waals surface area contributed by atoms with Crippen molar-refractivity contribution >= 4 is 5.97 Å². The molecule has 2 atom stereocenters. The summed E-state index contributed by atoms with van der Waals surface area (Å²) in [5.41, 5.74) is 1.91. The lowest BCUT2D eigenvalue weighted by molar-refractivity contribution is -0.141. The van der Waals surface area contributed by atoms with Crippen molar-refractivity contribution in [1.82, 2.24) is 19.9 Å². The van der Waals surface area contributed by atoms with E-state index in [1.165, 1.54) is 0 Å². The fourth-order valence-corrected chi connectivity index (χ4v) is 3.43. The molecule has 1 aliphatic rings. The first-order valence-corrected chi connectivity index (χ1v) is 8.40. The number of carboxylic acids is 1. The zero-order valence-corrected chi connectivity index (χ0v) is 14.0. The van der Waals surface area contributed by atoms with Crippen molar-refractivity contribution in [3.8, 4) is 11.6 Å². The molecule has 7 nitrogen and oxygen atoms in total. The van der Waals surface area contributed by atoms with E-state index in [1.807, 2.05) is 18.2 Å². The second-order valence-electron chi connectivity index (χ2n) is 6.42. The van der Waals surface area contributed by atoms with Gasteiger partial charge in [0.05, 0.1) is 12.2 Å². The summed E-state index contributed by atoms with van der Waals surface area (Å²) in [7, 11) is 0. The Balaban J connectivity index is 1.48. The predicted molar refractivity (Wildman–Crippen MR) is 93.1 cm³/mol. The van der Waals surface area contributed by atoms with Crippen LogP contribution in [0.5, 0.6) is 0 Å². The van der Waals surface area contributed by atoms with Gasteiger partial charge in [-0.2, -0.15) is 0 Å². The lowest BCUT2D eigenvalue weighted by Gasteiger charge is -2.15. The Bertz CT molecular complexity index is 866. The van der Waals surface area contributed by atoms with E-state index in [2.05, 4.69) is 19.9 Å². The summed E-state index contributed by atoms with van der Waals surface area (Å²) < 4.78 is 5.29. The zero-order valence-electron chi connectivity index (χ0n) is 14.0. The smallest absolute Gasteiger partial charge is 0.308 e. The maximum Gasteiger partial charge on any atom is 0.308 e. The van der Waals surface area contributed by atoms with E-state index in [0.29, 0.717) is 31.2 Å². The summed E-state index contributed by atoms with van der Waals surface area (Å²) >= 11 is 0. The van der Waals surface area contributed by atoms with Crippen LogP contribution < -0.4 is 0 Å². The molecule has 1 saturated heterocycles. The van der Waals surface area contributed by atoms with Gasteiger partial charge in [0, 0.05) is 55.9 Å². The molecule has 0 aromatic carbocycles. The second kappa shape index (κ2) is 7.05. The lowest BCUT2D eigenvalue weighted by atomic mass is 9.90. The number of aromatic nitrogens is 3. The maximum atomic E-state index is 11.7. The van der Waals surface area contributed by atoms with Crippen molar-refractivity contribution in [3.63, 3.8) is 0 Å². The third-order valence-electron chi connectivity index (χ3n) is 4.68. The SMILES string of the molecule is O=C(O)C1CN(Cc2cnc(-c3ccco3)nc2)CC1c1cccnc1. The number of carboxylic acid groups (broad SMARTS) is 1. The number of likely N-dealkylation sites (tertiary alicyclic amines) is 1. The predicted octanol–water partition coefficient (Wildman–Crippen LogP) is 2.43. The summed E-state index contributed by atoms with van der Waals surface area (Å²) in [4.78, 5) is 26.6. The summed E-state index contributed by atoms with van der Waals surface area (Å²) in [6, 6.07) is 7.39. The van der Waals surface area contributed by atoms with Crippen LogP contribution in [0.25, 0.3) is 11.6 Å². The number of furan rings is 1. The highest BCUT2D eigenvalue weighted by Crippen LogP contribution is 2.33. The number of pyridine rings is 1. The van der Waals surface area contributed by atoms with Crippen LogP contribution in [0.2, 0.25) is 0 Å². The van der Waals surface area contributed by atoms with Crippen molar-refractivity contribution in [2.75, 3.05) is 13.1 Å². The molecule has 1 aliphatic heterocycles. The highest BCUT2D eigenvalue weighted by Gasteiger charge is 2.38. The van der Waals surface area contributed by atoms with Crippen molar-refractivity contribution in [2.24, 2.45) is 5.92 Å². The van der Waals surface area contributed by atoms with Gasteiger partial charge in [0.15, 0.2) is 11.6 Å². The average Bonchev–Trinajstić information content (AvgIpc) is 3.33. The van der Waals surface area contributed by atoms with Gasteiger partial charge in [0.1, 0.15) is 0 Å². The summed E-state index contributed by atoms with van der Waals surface area (Å²) in [6.07, 6.45) is 8.56. The van der Waals surface area contributed by atoms with Crippen LogP contribution in [0.1, 0.15) is 17.0 Å². The number of nitrogens with zero attached hydrogens (tertiary/aromatic N) is 4. The number of hydrogen-bond acceptors (Lipinski definition) is 6. The minimum Gasteiger partial charge on any atom is -0.481 e. The van der Waals surface area contributed by atoms with Crippen LogP contribution in [-0.2, 0) is 11.3 Å². The Morgan fingerprint density at radius 1 is 1.19 bits per heavy atom. The molecule has 0 bridgehead atoms. The molecule has 2 unspecified atom stereocenters. The van der Waals surface area contributed by atoms with Gasteiger partial charge in [-0.1, -0.05) is 6.07 Å². The van der Waals surface area contributed by atoms with Crippen LogP contribution in [0.4, 0.5) is 0 Å². The highest BCUT2D eigenvalue weighted by molar-refractivity contribution is 5.72. The fourth-order valence-electron chi connectivity index (χ4n) is 3.43. The third-order valence-corrected chi connectivity index (χ3v) is 4.68. The Labute approximate surface area is 150 Å². The number of carbonyl (C=O) groups is 1. The van der Waals surface area contributed by atoms with Gasteiger partial charge in [-0.05, 0) is 23.8 Å². The normalized spacial score (nSPS) is 20.3. The minimum absolute atomic E-state index is 0.0653. The van der Waals surface area contributed by atoms with E-state index in [1.54, 1.807) is 37.1 Å². The first-order valence-electron chi connectivity index (χ1n) is 8.40. The van der Waals surface area contributed by atoms with Crippen LogP contribution in [-0.4, -0.2) is 44.0 Å². The molecule has 26 heavy (non-hydrogen) atoms. The highest BCUT2D eigenvalue weighted by atomic mass is 16.4. The largest absolute Gasteiger partial charge is 0.481 e. The molecule has 1 N–H and O–H groups in total. The molecular weight excluding hydrogens is 332 g/mol. The van der Waals surface area contributed by atoms with E-state index in [-0.39, 0.29) is 5.92 Å². The summed E-state index contributed by atoms with van der Waals surface area (Å²) in [5.74, 6) is -0.116. The number of aliphatic carboxylic acids is 1. The molecule has 132 valence electrons. The molecule has 0 saturated carbocycles. The topological polar surface area (TPSA) is 92.3 Å². The second-order valence-corrected chi connectivity index (χ2v) is 6.42. The van der Waals surface area contributed by atoms with Crippen molar-refractivity contribution < 1.29 is 14.3 Å². The standard InChI is InChI=1S/C19H18N4O3/c24-19(25)16-12-23(11-15(16)14-3-1-5-20-9-14)10-13-7-21-18(22-8-13)17-4-2-6-26-17/h1-9,15-16H,10-12H2,(H,24,25). The molecular formula is C19H18N4O3. The van der Waals surface area contributed by atoms with Crippen LogP contribution in [0.3, 0.4) is 0 Å². The summed E-state index contributed by atoms with van der Waals surface area (Å²) in [6.45, 7) is 1.77. The first kappa shape index (κ1) is 16.4. The number of rotatable bonds is 5. The van der Waals surface area contributed by atoms with E-state index in [9.17, 15) is 9.90 Å². The fraction of sp³-hybridized carbons (Fsp3) is 0.263. The van der Waals surface area contributed by atoms with E-state index < -0.39 is 11.9 Å². The van der Waals surface area contributed by atoms with Crippen molar-refractivity contribution in [1.29, 1.82) is 0 Å². The molecule has 4 rings (SSSR count). The Morgan fingerprint density at radius 2 is 2.04 bits per heavy atom. The van der Waals surface area contributed by atoms with Gasteiger partial charge in [0.2, 0.25) is 0 Å². The van der Waals surface area contributed by atoms with Crippen LogP contribution in [0, 0.1) is 5.92 Å². The van der Waals surface area contributed by atoms with Crippen LogP contribution in [0.15, 0.2) is 59.7 Å².